The molecular formula is C22H25N3O3S. The number of benzene rings is 1. The van der Waals surface area contributed by atoms with Gasteiger partial charge in [-0.15, -0.1) is 11.3 Å². The molecule has 0 radical (unpaired) electrons. The van der Waals surface area contributed by atoms with E-state index in [1.807, 2.05) is 47.4 Å². The third-order valence-electron chi connectivity index (χ3n) is 6.15. The number of hydrogen-bond donors (Lipinski definition) is 2. The normalized spacial score (nSPS) is 22.8. The molecule has 1 atom stereocenters. The molecule has 0 unspecified atom stereocenters. The summed E-state index contributed by atoms with van der Waals surface area (Å²) in [5.41, 5.74) is 0.234. The van der Waals surface area contributed by atoms with Gasteiger partial charge in [0.2, 0.25) is 5.91 Å². The third-order valence-corrected chi connectivity index (χ3v) is 7.14. The molecule has 152 valence electrons. The Hall–Kier alpha value is -2.38. The van der Waals surface area contributed by atoms with E-state index in [0.29, 0.717) is 4.88 Å². The summed E-state index contributed by atoms with van der Waals surface area (Å²) in [7, 11) is 0. The summed E-state index contributed by atoms with van der Waals surface area (Å²) in [4.78, 5) is 27.6. The van der Waals surface area contributed by atoms with Crippen LogP contribution in [0.2, 0.25) is 0 Å². The van der Waals surface area contributed by atoms with E-state index in [-0.39, 0.29) is 29.4 Å². The summed E-state index contributed by atoms with van der Waals surface area (Å²) >= 11 is 1.36. The fourth-order valence-corrected chi connectivity index (χ4v) is 5.52. The predicted octanol–water partition coefficient (Wildman–Crippen LogP) is 3.12. The van der Waals surface area contributed by atoms with Gasteiger partial charge >= 0.3 is 0 Å². The van der Waals surface area contributed by atoms with Crippen LogP contribution in [0.3, 0.4) is 0 Å². The second-order valence-electron chi connectivity index (χ2n) is 8.42. The van der Waals surface area contributed by atoms with Crippen LogP contribution in [-0.4, -0.2) is 48.5 Å². The average Bonchev–Trinajstić information content (AvgIpc) is 3.35. The minimum atomic E-state index is -0.115. The number of carbonyl (C=O) groups is 2. The number of ether oxygens (including phenoxy) is 1. The maximum Gasteiger partial charge on any atom is 0.264 e. The summed E-state index contributed by atoms with van der Waals surface area (Å²) in [6.45, 7) is 2.48. The largest absolute Gasteiger partial charge is 0.490 e. The SMILES string of the molecule is O=C(Nc1ccc(C(=O)N2CC3(CC(Oc4ccccc4)C3)C2)s1)[C@@H]1CCCN1. The molecule has 29 heavy (non-hydrogen) atoms. The Bertz CT molecular complexity index is 893. The zero-order chi connectivity index (χ0) is 19.8. The molecule has 7 heteroatoms. The van der Waals surface area contributed by atoms with E-state index >= 15 is 0 Å². The van der Waals surface area contributed by atoms with E-state index in [1.54, 1.807) is 0 Å². The highest BCUT2D eigenvalue weighted by Crippen LogP contribution is 2.50. The smallest absolute Gasteiger partial charge is 0.264 e. The van der Waals surface area contributed by atoms with Crippen molar-refractivity contribution >= 4 is 28.2 Å². The van der Waals surface area contributed by atoms with Gasteiger partial charge in [0.25, 0.3) is 5.91 Å². The molecule has 1 aromatic heterocycles. The van der Waals surface area contributed by atoms with Crippen LogP contribution in [0, 0.1) is 5.41 Å². The fraction of sp³-hybridized carbons (Fsp3) is 0.455. The van der Waals surface area contributed by atoms with E-state index in [2.05, 4.69) is 10.6 Å². The summed E-state index contributed by atoms with van der Waals surface area (Å²) in [5, 5.41) is 6.86. The van der Waals surface area contributed by atoms with Crippen molar-refractivity contribution in [1.82, 2.24) is 10.2 Å². The number of anilines is 1. The standard InChI is InChI=1S/C22H25N3O3S/c26-20(17-7-4-10-23-17)24-19-9-8-18(29-19)21(27)25-13-22(14-25)11-16(12-22)28-15-5-2-1-3-6-15/h1-3,5-6,8-9,16-17,23H,4,7,10-14H2,(H,24,26)/t17-/m0/s1. The van der Waals surface area contributed by atoms with E-state index in [9.17, 15) is 9.59 Å². The lowest BCUT2D eigenvalue weighted by Gasteiger charge is -2.58. The highest BCUT2D eigenvalue weighted by atomic mass is 32.1. The zero-order valence-corrected chi connectivity index (χ0v) is 17.0. The van der Waals surface area contributed by atoms with Gasteiger partial charge in [-0.25, -0.2) is 0 Å². The van der Waals surface area contributed by atoms with Gasteiger partial charge in [0.1, 0.15) is 11.9 Å². The van der Waals surface area contributed by atoms with Crippen molar-refractivity contribution < 1.29 is 14.3 Å². The van der Waals surface area contributed by atoms with Gasteiger partial charge in [-0.1, -0.05) is 18.2 Å². The predicted molar refractivity (Wildman–Crippen MR) is 112 cm³/mol. The van der Waals surface area contributed by atoms with Crippen LogP contribution >= 0.6 is 11.3 Å². The molecule has 1 spiro atoms. The molecule has 6 nitrogen and oxygen atoms in total. The molecule has 2 N–H and O–H groups in total. The first-order valence-corrected chi connectivity index (χ1v) is 11.1. The van der Waals surface area contributed by atoms with Crippen molar-refractivity contribution in [3.63, 3.8) is 0 Å². The molecule has 1 aromatic carbocycles. The minimum Gasteiger partial charge on any atom is -0.490 e. The van der Waals surface area contributed by atoms with Crippen LogP contribution in [0.25, 0.3) is 0 Å². The summed E-state index contributed by atoms with van der Waals surface area (Å²) in [5.74, 6) is 0.971. The lowest BCUT2D eigenvalue weighted by Crippen LogP contribution is -2.65. The number of likely N-dealkylation sites (tertiary alicyclic amines) is 1. The second kappa shape index (κ2) is 7.46. The van der Waals surface area contributed by atoms with Crippen LogP contribution < -0.4 is 15.4 Å². The Labute approximate surface area is 174 Å². The molecule has 0 bridgehead atoms. The van der Waals surface area contributed by atoms with Crippen molar-refractivity contribution in [2.45, 2.75) is 37.8 Å². The number of carbonyl (C=O) groups excluding carboxylic acids is 2. The Morgan fingerprint density at radius 2 is 1.93 bits per heavy atom. The number of hydrogen-bond acceptors (Lipinski definition) is 5. The highest BCUT2D eigenvalue weighted by Gasteiger charge is 2.54. The van der Waals surface area contributed by atoms with Gasteiger partial charge in [0, 0.05) is 18.5 Å². The van der Waals surface area contributed by atoms with Crippen molar-refractivity contribution in [3.05, 3.63) is 47.3 Å². The van der Waals surface area contributed by atoms with Crippen molar-refractivity contribution in [2.24, 2.45) is 5.41 Å². The molecule has 3 fully saturated rings. The molecule has 2 amide bonds. The van der Waals surface area contributed by atoms with Crippen molar-refractivity contribution in [2.75, 3.05) is 25.0 Å². The van der Waals surface area contributed by atoms with Gasteiger partial charge < -0.3 is 20.3 Å². The lowest BCUT2D eigenvalue weighted by atomic mass is 9.61. The molecule has 1 saturated carbocycles. The number of rotatable bonds is 5. The van der Waals surface area contributed by atoms with E-state index < -0.39 is 0 Å². The lowest BCUT2D eigenvalue weighted by molar-refractivity contribution is -0.117. The molecule has 1 aliphatic carbocycles. The van der Waals surface area contributed by atoms with E-state index in [1.165, 1.54) is 11.3 Å². The molecular weight excluding hydrogens is 386 g/mol. The van der Waals surface area contributed by atoms with E-state index in [0.717, 1.165) is 56.1 Å². The van der Waals surface area contributed by atoms with Gasteiger partial charge in [0.15, 0.2) is 0 Å². The van der Waals surface area contributed by atoms with Crippen LogP contribution in [0.1, 0.15) is 35.4 Å². The van der Waals surface area contributed by atoms with Crippen molar-refractivity contribution in [3.8, 4) is 5.75 Å². The summed E-state index contributed by atoms with van der Waals surface area (Å²) in [6.07, 6.45) is 4.16. The topological polar surface area (TPSA) is 70.7 Å². The molecule has 3 aliphatic rings. The number of para-hydroxylation sites is 1. The van der Waals surface area contributed by atoms with Gasteiger partial charge in [-0.3, -0.25) is 9.59 Å². The molecule has 2 saturated heterocycles. The Kier molecular flexibility index (Phi) is 4.80. The van der Waals surface area contributed by atoms with Crippen LogP contribution in [0.5, 0.6) is 5.75 Å². The Morgan fingerprint density at radius 3 is 2.66 bits per heavy atom. The molecule has 5 rings (SSSR count). The Balaban J connectivity index is 1.10. The number of thiophene rings is 1. The summed E-state index contributed by atoms with van der Waals surface area (Å²) in [6, 6.07) is 13.4. The summed E-state index contributed by atoms with van der Waals surface area (Å²) < 4.78 is 6.00. The number of amides is 2. The number of nitrogens with zero attached hydrogens (tertiary/aromatic N) is 1. The minimum absolute atomic E-state index is 0.00909. The first kappa shape index (κ1) is 18.6. The average molecular weight is 412 g/mol. The third kappa shape index (κ3) is 3.76. The van der Waals surface area contributed by atoms with Gasteiger partial charge in [0.05, 0.1) is 15.9 Å². The van der Waals surface area contributed by atoms with Crippen LogP contribution in [0.15, 0.2) is 42.5 Å². The Morgan fingerprint density at radius 1 is 1.14 bits per heavy atom. The zero-order valence-electron chi connectivity index (χ0n) is 16.2. The molecule has 2 aliphatic heterocycles. The first-order valence-electron chi connectivity index (χ1n) is 10.3. The van der Waals surface area contributed by atoms with Crippen molar-refractivity contribution in [1.29, 1.82) is 0 Å². The monoisotopic (exact) mass is 411 g/mol. The molecule has 3 heterocycles. The fourth-order valence-electron chi connectivity index (χ4n) is 4.64. The van der Waals surface area contributed by atoms with E-state index in [4.69, 9.17) is 4.74 Å². The maximum atomic E-state index is 12.8. The quantitative estimate of drug-likeness (QED) is 0.793. The first-order chi connectivity index (χ1) is 14.1. The second-order valence-corrected chi connectivity index (χ2v) is 9.51. The van der Waals surface area contributed by atoms with Crippen LogP contribution in [-0.2, 0) is 4.79 Å². The molecule has 2 aromatic rings. The number of nitrogens with one attached hydrogen (secondary N) is 2. The highest BCUT2D eigenvalue weighted by molar-refractivity contribution is 7.18. The van der Waals surface area contributed by atoms with Gasteiger partial charge in [-0.2, -0.15) is 0 Å². The maximum absolute atomic E-state index is 12.8. The van der Waals surface area contributed by atoms with Gasteiger partial charge in [-0.05, 0) is 56.5 Å². The van der Waals surface area contributed by atoms with Crippen LogP contribution in [0.4, 0.5) is 5.00 Å².